The van der Waals surface area contributed by atoms with Crippen molar-refractivity contribution in [2.45, 2.75) is 38.6 Å². The molecule has 1 aliphatic heterocycles. The van der Waals surface area contributed by atoms with Crippen LogP contribution in [0.15, 0.2) is 4.99 Å². The molecule has 1 aliphatic carbocycles. The van der Waals surface area contributed by atoms with Crippen LogP contribution in [0.4, 0.5) is 0 Å². The normalized spacial score (nSPS) is 31.3. The zero-order valence-corrected chi connectivity index (χ0v) is 8.87. The molecule has 2 rings (SSSR count). The molecule has 2 bridgehead atoms. The van der Waals surface area contributed by atoms with Crippen molar-refractivity contribution in [1.29, 1.82) is 0 Å². The number of nitrogens with two attached hydrogens (primary N) is 1. The third-order valence-corrected chi connectivity index (χ3v) is 3.30. The summed E-state index contributed by atoms with van der Waals surface area (Å²) < 4.78 is 0. The second-order valence-electron chi connectivity index (χ2n) is 4.33. The average molecular weight is 196 g/mol. The Morgan fingerprint density at radius 2 is 2.43 bits per heavy atom. The summed E-state index contributed by atoms with van der Waals surface area (Å²) in [5.41, 5.74) is 2.74. The van der Waals surface area contributed by atoms with Crippen molar-refractivity contribution in [1.82, 2.24) is 10.3 Å². The van der Waals surface area contributed by atoms with Crippen LogP contribution in [-0.2, 0) is 0 Å². The molecule has 0 amide bonds. The SMILES string of the molecule is CCCN=C(NN)N1CC2CCC1C2. The zero-order valence-electron chi connectivity index (χ0n) is 8.87. The van der Waals surface area contributed by atoms with Crippen LogP contribution in [0.5, 0.6) is 0 Å². The fraction of sp³-hybridized carbons (Fsp3) is 0.900. The van der Waals surface area contributed by atoms with E-state index in [0.717, 1.165) is 31.4 Å². The van der Waals surface area contributed by atoms with E-state index in [9.17, 15) is 0 Å². The summed E-state index contributed by atoms with van der Waals surface area (Å²) in [4.78, 5) is 6.82. The number of nitrogens with one attached hydrogen (secondary N) is 1. The maximum atomic E-state index is 5.50. The summed E-state index contributed by atoms with van der Waals surface area (Å²) in [6, 6.07) is 0.701. The summed E-state index contributed by atoms with van der Waals surface area (Å²) in [6.07, 6.45) is 5.13. The van der Waals surface area contributed by atoms with Gasteiger partial charge in [0.05, 0.1) is 0 Å². The van der Waals surface area contributed by atoms with Gasteiger partial charge in [-0.3, -0.25) is 10.4 Å². The number of hydrogen-bond acceptors (Lipinski definition) is 2. The first-order chi connectivity index (χ1) is 6.85. The summed E-state index contributed by atoms with van der Waals surface area (Å²) >= 11 is 0. The molecule has 2 aliphatic rings. The predicted molar refractivity (Wildman–Crippen MR) is 57.8 cm³/mol. The topological polar surface area (TPSA) is 53.6 Å². The fourth-order valence-corrected chi connectivity index (χ4v) is 2.62. The second-order valence-corrected chi connectivity index (χ2v) is 4.33. The van der Waals surface area contributed by atoms with Crippen molar-refractivity contribution in [3.63, 3.8) is 0 Å². The van der Waals surface area contributed by atoms with E-state index >= 15 is 0 Å². The Morgan fingerprint density at radius 1 is 1.57 bits per heavy atom. The van der Waals surface area contributed by atoms with Gasteiger partial charge < -0.3 is 4.90 Å². The number of fused-ring (bicyclic) bond motifs is 2. The standard InChI is InChI=1S/C10H20N4/c1-2-5-12-10(13-11)14-7-8-3-4-9(14)6-8/h8-9H,2-7,11H2,1H3,(H,12,13). The van der Waals surface area contributed by atoms with Crippen LogP contribution in [0.2, 0.25) is 0 Å². The van der Waals surface area contributed by atoms with E-state index in [-0.39, 0.29) is 0 Å². The molecule has 2 unspecified atom stereocenters. The van der Waals surface area contributed by atoms with Crippen LogP contribution in [-0.4, -0.2) is 30.0 Å². The van der Waals surface area contributed by atoms with Crippen molar-refractivity contribution < 1.29 is 0 Å². The van der Waals surface area contributed by atoms with Crippen LogP contribution in [0.25, 0.3) is 0 Å². The number of hydrazine groups is 1. The van der Waals surface area contributed by atoms with E-state index in [4.69, 9.17) is 5.84 Å². The molecule has 4 heteroatoms. The van der Waals surface area contributed by atoms with Crippen molar-refractivity contribution >= 4 is 5.96 Å². The minimum atomic E-state index is 0.701. The quantitative estimate of drug-likeness (QED) is 0.296. The van der Waals surface area contributed by atoms with Gasteiger partial charge in [0.25, 0.3) is 0 Å². The van der Waals surface area contributed by atoms with Crippen LogP contribution in [0.3, 0.4) is 0 Å². The lowest BCUT2D eigenvalue weighted by molar-refractivity contribution is 0.317. The molecule has 1 saturated heterocycles. The Morgan fingerprint density at radius 3 is 2.93 bits per heavy atom. The number of aliphatic imine (C=N–C) groups is 1. The first-order valence-electron chi connectivity index (χ1n) is 5.62. The smallest absolute Gasteiger partial charge is 0.208 e. The Hall–Kier alpha value is -0.770. The van der Waals surface area contributed by atoms with Gasteiger partial charge in [-0.25, -0.2) is 5.84 Å². The van der Waals surface area contributed by atoms with E-state index < -0.39 is 0 Å². The highest BCUT2D eigenvalue weighted by molar-refractivity contribution is 5.80. The van der Waals surface area contributed by atoms with Crippen molar-refractivity contribution in [2.75, 3.05) is 13.1 Å². The highest BCUT2D eigenvalue weighted by Gasteiger charge is 2.39. The maximum absolute atomic E-state index is 5.50. The Labute approximate surface area is 85.5 Å². The molecule has 2 atom stereocenters. The molecule has 4 nitrogen and oxygen atoms in total. The molecule has 0 aromatic heterocycles. The number of hydrogen-bond donors (Lipinski definition) is 2. The first-order valence-corrected chi connectivity index (χ1v) is 5.62. The van der Waals surface area contributed by atoms with E-state index in [1.54, 1.807) is 0 Å². The first kappa shape index (κ1) is 9.77. The van der Waals surface area contributed by atoms with Crippen molar-refractivity contribution in [2.24, 2.45) is 16.8 Å². The third kappa shape index (κ3) is 1.71. The molecule has 0 radical (unpaired) electrons. The number of piperidine rings is 1. The van der Waals surface area contributed by atoms with Gasteiger partial charge in [0.15, 0.2) is 0 Å². The molecule has 1 heterocycles. The van der Waals surface area contributed by atoms with E-state index in [1.807, 2.05) is 0 Å². The molecular weight excluding hydrogens is 176 g/mol. The molecule has 1 saturated carbocycles. The summed E-state index contributed by atoms with van der Waals surface area (Å²) in [6.45, 7) is 4.15. The van der Waals surface area contributed by atoms with Crippen molar-refractivity contribution in [3.05, 3.63) is 0 Å². The van der Waals surface area contributed by atoms with E-state index in [0.29, 0.717) is 6.04 Å². The Bertz CT molecular complexity index is 226. The molecule has 0 aromatic carbocycles. The predicted octanol–water partition coefficient (Wildman–Crippen LogP) is 0.700. The second kappa shape index (κ2) is 4.17. The highest BCUT2D eigenvalue weighted by Crippen LogP contribution is 2.37. The van der Waals surface area contributed by atoms with Gasteiger partial charge in [0.2, 0.25) is 5.96 Å². The molecular formula is C10H20N4. The van der Waals surface area contributed by atoms with Gasteiger partial charge >= 0.3 is 0 Å². The van der Waals surface area contributed by atoms with Gasteiger partial charge in [-0.15, -0.1) is 0 Å². The third-order valence-electron chi connectivity index (χ3n) is 3.30. The van der Waals surface area contributed by atoms with Gasteiger partial charge in [-0.2, -0.15) is 0 Å². The monoisotopic (exact) mass is 196 g/mol. The molecule has 0 spiro atoms. The minimum Gasteiger partial charge on any atom is -0.339 e. The number of likely N-dealkylation sites (tertiary alicyclic amines) is 1. The van der Waals surface area contributed by atoms with Gasteiger partial charge in [-0.1, -0.05) is 6.92 Å². The van der Waals surface area contributed by atoms with E-state index in [2.05, 4.69) is 22.2 Å². The zero-order chi connectivity index (χ0) is 9.97. The van der Waals surface area contributed by atoms with Crippen LogP contribution < -0.4 is 11.3 Å². The molecule has 14 heavy (non-hydrogen) atoms. The lowest BCUT2D eigenvalue weighted by Crippen LogP contribution is -2.48. The van der Waals surface area contributed by atoms with Crippen molar-refractivity contribution in [3.8, 4) is 0 Å². The number of guanidine groups is 1. The summed E-state index contributed by atoms with van der Waals surface area (Å²) in [5.74, 6) is 7.29. The Balaban J connectivity index is 1.98. The largest absolute Gasteiger partial charge is 0.339 e. The molecule has 2 fully saturated rings. The van der Waals surface area contributed by atoms with Gasteiger partial charge in [0.1, 0.15) is 0 Å². The van der Waals surface area contributed by atoms with E-state index in [1.165, 1.54) is 19.3 Å². The van der Waals surface area contributed by atoms with Gasteiger partial charge in [-0.05, 0) is 31.6 Å². The summed E-state index contributed by atoms with van der Waals surface area (Å²) in [5, 5.41) is 0. The molecule has 0 aromatic rings. The minimum absolute atomic E-state index is 0.701. The van der Waals surface area contributed by atoms with Crippen LogP contribution in [0, 0.1) is 5.92 Å². The number of rotatable bonds is 2. The van der Waals surface area contributed by atoms with Gasteiger partial charge in [0, 0.05) is 19.1 Å². The molecule has 3 N–H and O–H groups in total. The highest BCUT2D eigenvalue weighted by atomic mass is 15.4. The fourth-order valence-electron chi connectivity index (χ4n) is 2.62. The lowest BCUT2D eigenvalue weighted by Gasteiger charge is -2.29. The summed E-state index contributed by atoms with van der Waals surface area (Å²) in [7, 11) is 0. The lowest BCUT2D eigenvalue weighted by atomic mass is 10.1. The van der Waals surface area contributed by atoms with Crippen LogP contribution >= 0.6 is 0 Å². The number of nitrogens with zero attached hydrogens (tertiary/aromatic N) is 2. The molecule has 80 valence electrons. The van der Waals surface area contributed by atoms with Crippen LogP contribution in [0.1, 0.15) is 32.6 Å². The maximum Gasteiger partial charge on any atom is 0.208 e. The Kier molecular flexibility index (Phi) is 2.91. The average Bonchev–Trinajstić information content (AvgIpc) is 2.80.